The Morgan fingerprint density at radius 3 is 1.25 bits per heavy atom. The fraction of sp³-hybridized carbons (Fsp3) is 1.00. The van der Waals surface area contributed by atoms with Crippen LogP contribution in [0.4, 0.5) is 0 Å². The minimum absolute atomic E-state index is 0. The zero-order valence-electron chi connectivity index (χ0n) is 4.92. The molecular formula is C4H9Cl3Ge. The molecule has 8 heavy (non-hydrogen) atoms. The van der Waals surface area contributed by atoms with Crippen LogP contribution in [0.5, 0.6) is 0 Å². The van der Waals surface area contributed by atoms with Gasteiger partial charge in [-0.1, -0.05) is 0 Å². The Morgan fingerprint density at radius 2 is 1.25 bits per heavy atom. The molecule has 4 heteroatoms. The van der Waals surface area contributed by atoms with Crippen molar-refractivity contribution >= 4 is 16.5 Å². The van der Waals surface area contributed by atoms with Crippen molar-refractivity contribution < 1.29 is 37.2 Å². The Morgan fingerprint density at radius 1 is 1.12 bits per heavy atom. The van der Waals surface area contributed by atoms with Gasteiger partial charge in [-0.3, -0.25) is 0 Å². The van der Waals surface area contributed by atoms with Crippen LogP contribution in [0, 0.1) is 5.92 Å². The summed E-state index contributed by atoms with van der Waals surface area (Å²) in [6.07, 6.45) is 0. The Kier molecular flexibility index (Phi) is 44.8. The summed E-state index contributed by atoms with van der Waals surface area (Å²) in [7, 11) is 0. The number of rotatable bonds is 1. The zero-order chi connectivity index (χ0) is 4.28. The average molecular weight is 236 g/mol. The van der Waals surface area contributed by atoms with E-state index in [1.54, 1.807) is 0 Å². The van der Waals surface area contributed by atoms with E-state index in [-0.39, 0.29) is 37.2 Å². The third-order valence-corrected chi connectivity index (χ3v) is 2.12. The van der Waals surface area contributed by atoms with Crippen LogP contribution in [0.3, 0.4) is 0 Å². The molecule has 0 fully saturated rings. The molecule has 0 atom stereocenters. The van der Waals surface area contributed by atoms with E-state index in [9.17, 15) is 0 Å². The summed E-state index contributed by atoms with van der Waals surface area (Å²) in [5.41, 5.74) is 0. The van der Waals surface area contributed by atoms with Gasteiger partial charge in [0, 0.05) is 0 Å². The Bertz CT molecular complexity index is 25.2. The maximum atomic E-state index is 2.22. The molecule has 0 rings (SSSR count). The first-order valence-electron chi connectivity index (χ1n) is 1.92. The monoisotopic (exact) mass is 236 g/mol. The van der Waals surface area contributed by atoms with Crippen LogP contribution in [-0.2, 0) is 0 Å². The van der Waals surface area contributed by atoms with Gasteiger partial charge >= 0.3 is 41.5 Å². The van der Waals surface area contributed by atoms with Gasteiger partial charge in [-0.2, -0.15) is 0 Å². The summed E-state index contributed by atoms with van der Waals surface area (Å²) in [5.74, 6) is 0.884. The van der Waals surface area contributed by atoms with E-state index in [0.717, 1.165) is 5.92 Å². The van der Waals surface area contributed by atoms with Crippen LogP contribution in [0.15, 0.2) is 0 Å². The van der Waals surface area contributed by atoms with E-state index in [1.807, 2.05) is 0 Å². The third-order valence-electron chi connectivity index (χ3n) is 0.408. The molecule has 0 saturated carbocycles. The molecule has 0 aliphatic heterocycles. The molecule has 0 unspecified atom stereocenters. The van der Waals surface area contributed by atoms with Crippen molar-refractivity contribution in [2.45, 2.75) is 19.1 Å². The van der Waals surface area contributed by atoms with Gasteiger partial charge < -0.3 is 37.2 Å². The van der Waals surface area contributed by atoms with Crippen molar-refractivity contribution in [3.63, 3.8) is 0 Å². The second-order valence-electron chi connectivity index (χ2n) is 1.60. The molecule has 0 aromatic heterocycles. The van der Waals surface area contributed by atoms with Gasteiger partial charge in [0.15, 0.2) is 0 Å². The maximum Gasteiger partial charge on any atom is -1.00 e. The molecule has 0 aliphatic carbocycles. The number of halogens is 3. The average Bonchev–Trinajstić information content (AvgIpc) is 1.38. The summed E-state index contributed by atoms with van der Waals surface area (Å²) in [4.78, 5) is 0. The van der Waals surface area contributed by atoms with Crippen LogP contribution >= 0.6 is 0 Å². The van der Waals surface area contributed by atoms with Gasteiger partial charge in [-0.15, -0.1) is 0 Å². The maximum absolute atomic E-state index is 2.22. The SMILES string of the molecule is CC(C)[CH2][Ge+3].[Cl-].[Cl-].[Cl-]. The summed E-state index contributed by atoms with van der Waals surface area (Å²) in [6.45, 7) is 4.44. The van der Waals surface area contributed by atoms with Gasteiger partial charge in [-0.25, -0.2) is 0 Å². The van der Waals surface area contributed by atoms with Crippen LogP contribution in [0.2, 0.25) is 5.25 Å². The van der Waals surface area contributed by atoms with Crippen molar-refractivity contribution in [1.29, 1.82) is 0 Å². The fourth-order valence-electron chi connectivity index (χ4n) is 0. The molecule has 0 heterocycles. The summed E-state index contributed by atoms with van der Waals surface area (Å²) < 4.78 is 0. The molecule has 0 aromatic carbocycles. The van der Waals surface area contributed by atoms with Crippen LogP contribution in [0.25, 0.3) is 0 Å². The van der Waals surface area contributed by atoms with E-state index >= 15 is 0 Å². The van der Waals surface area contributed by atoms with Gasteiger partial charge in [-0.05, 0) is 0 Å². The van der Waals surface area contributed by atoms with Crippen molar-refractivity contribution in [3.05, 3.63) is 0 Å². The largest absolute Gasteiger partial charge is 1.00 e. The van der Waals surface area contributed by atoms with Crippen molar-refractivity contribution in [1.82, 2.24) is 0 Å². The van der Waals surface area contributed by atoms with E-state index in [0.29, 0.717) is 0 Å². The van der Waals surface area contributed by atoms with Crippen LogP contribution < -0.4 is 37.2 Å². The molecule has 0 nitrogen and oxygen atoms in total. The summed E-state index contributed by atoms with van der Waals surface area (Å²) in [6, 6.07) is 0. The zero-order valence-corrected chi connectivity index (χ0v) is 9.28. The predicted molar refractivity (Wildman–Crippen MR) is 25.4 cm³/mol. The van der Waals surface area contributed by atoms with Gasteiger partial charge in [0.1, 0.15) is 0 Å². The van der Waals surface area contributed by atoms with Crippen molar-refractivity contribution in [3.8, 4) is 0 Å². The van der Waals surface area contributed by atoms with E-state index in [4.69, 9.17) is 0 Å². The van der Waals surface area contributed by atoms with Gasteiger partial charge in [0.05, 0.1) is 0 Å². The molecule has 0 amide bonds. The summed E-state index contributed by atoms with van der Waals surface area (Å²) in [5, 5.41) is 1.31. The Labute approximate surface area is 78.6 Å². The second kappa shape index (κ2) is 15.8. The normalized spacial score (nSPS) is 6.12. The van der Waals surface area contributed by atoms with Crippen molar-refractivity contribution in [2.75, 3.05) is 0 Å². The molecule has 0 saturated heterocycles. The van der Waals surface area contributed by atoms with E-state index < -0.39 is 0 Å². The molecular weight excluding hydrogens is 227 g/mol. The van der Waals surface area contributed by atoms with Gasteiger partial charge in [0.2, 0.25) is 0 Å². The smallest absolute Gasteiger partial charge is 1.00 e. The van der Waals surface area contributed by atoms with Crippen LogP contribution in [0.1, 0.15) is 13.8 Å². The molecule has 0 N–H and O–H groups in total. The first-order chi connectivity index (χ1) is 2.27. The Balaban J connectivity index is -0.0000000267. The first kappa shape index (κ1) is 22.7. The first-order valence-corrected chi connectivity index (χ1v) is 3.40. The molecule has 0 bridgehead atoms. The minimum Gasteiger partial charge on any atom is -1.00 e. The topological polar surface area (TPSA) is 0 Å². The van der Waals surface area contributed by atoms with Gasteiger partial charge in [0.25, 0.3) is 0 Å². The molecule has 0 aromatic rings. The summed E-state index contributed by atoms with van der Waals surface area (Å²) >= 11 is 2.20. The van der Waals surface area contributed by atoms with E-state index in [1.165, 1.54) is 5.25 Å². The molecule has 0 aliphatic rings. The van der Waals surface area contributed by atoms with E-state index in [2.05, 4.69) is 30.4 Å². The molecule has 0 radical (unpaired) electrons. The molecule has 0 spiro atoms. The quantitative estimate of drug-likeness (QED) is 0.397. The standard InChI is InChI=1S/C4H9Ge.3ClH/c1-4(2)3-5;;;/h4H,3H2,1-2H3;3*1H/q+3;;;/p-3. The predicted octanol–water partition coefficient (Wildman–Crippen LogP) is -7.76. The Hall–Kier alpha value is 1.41. The number of hydrogen-bond acceptors (Lipinski definition) is 0. The molecule has 50 valence electrons. The minimum atomic E-state index is 0. The second-order valence-corrected chi connectivity index (χ2v) is 2.45. The van der Waals surface area contributed by atoms with Crippen LogP contribution in [-0.4, -0.2) is 16.5 Å². The van der Waals surface area contributed by atoms with Crippen molar-refractivity contribution in [2.24, 2.45) is 5.92 Å². The fourth-order valence-corrected chi connectivity index (χ4v) is 0. The number of hydrogen-bond donors (Lipinski definition) is 0. The third kappa shape index (κ3) is 26.2.